The van der Waals surface area contributed by atoms with Gasteiger partial charge in [-0.1, -0.05) is 45.8 Å². The van der Waals surface area contributed by atoms with E-state index in [9.17, 15) is 0 Å². The third-order valence-electron chi connectivity index (χ3n) is 4.54. The molecule has 4 aromatic rings. The van der Waals surface area contributed by atoms with Crippen LogP contribution in [-0.2, 0) is 13.2 Å². The maximum atomic E-state index is 6.12. The first kappa shape index (κ1) is 20.3. The molecule has 0 aliphatic carbocycles. The number of benzene rings is 2. The van der Waals surface area contributed by atoms with Crippen LogP contribution in [0.15, 0.2) is 71.5 Å². The first-order valence-electron chi connectivity index (χ1n) is 9.38. The Morgan fingerprint density at radius 3 is 2.77 bits per heavy atom. The summed E-state index contributed by atoms with van der Waals surface area (Å²) in [5.41, 5.74) is 7.61. The summed E-state index contributed by atoms with van der Waals surface area (Å²) < 4.78 is 9.34. The molecule has 0 aliphatic rings. The van der Waals surface area contributed by atoms with E-state index in [-0.39, 0.29) is 0 Å². The second-order valence-corrected chi connectivity index (χ2v) is 8.09. The fourth-order valence-corrected chi connectivity index (χ4v) is 3.70. The van der Waals surface area contributed by atoms with Gasteiger partial charge in [-0.25, -0.2) is 9.77 Å². The minimum atomic E-state index is 0.485. The van der Waals surface area contributed by atoms with E-state index in [1.54, 1.807) is 17.1 Å². The highest BCUT2D eigenvalue weighted by Crippen LogP contribution is 2.25. The fraction of sp³-hybridized carbons (Fsp3) is 0.136. The quantitative estimate of drug-likeness (QED) is 0.346. The first-order valence-corrected chi connectivity index (χ1v) is 10.6. The predicted octanol–water partition coefficient (Wildman–Crippen LogP) is 5.40. The molecule has 8 heteroatoms. The Morgan fingerprint density at radius 1 is 1.13 bits per heavy atom. The lowest BCUT2D eigenvalue weighted by Gasteiger charge is -2.15. The van der Waals surface area contributed by atoms with Gasteiger partial charge in [-0.2, -0.15) is 5.10 Å². The van der Waals surface area contributed by atoms with E-state index in [0.717, 1.165) is 26.9 Å². The minimum absolute atomic E-state index is 0.485. The van der Waals surface area contributed by atoms with Gasteiger partial charge >= 0.3 is 0 Å². The van der Waals surface area contributed by atoms with Gasteiger partial charge in [0, 0.05) is 28.0 Å². The van der Waals surface area contributed by atoms with Crippen LogP contribution in [0.3, 0.4) is 0 Å². The molecule has 0 aliphatic heterocycles. The smallest absolute Gasteiger partial charge is 0.214 e. The van der Waals surface area contributed by atoms with Crippen molar-refractivity contribution in [1.82, 2.24) is 19.9 Å². The maximum absolute atomic E-state index is 6.12. The van der Waals surface area contributed by atoms with Crippen LogP contribution in [0, 0.1) is 11.7 Å². The molecule has 0 amide bonds. The molecule has 0 saturated carbocycles. The van der Waals surface area contributed by atoms with Gasteiger partial charge in [0.2, 0.25) is 4.77 Å². The molecule has 0 unspecified atom stereocenters. The fourth-order valence-electron chi connectivity index (χ4n) is 3.09. The zero-order valence-electron chi connectivity index (χ0n) is 16.3. The van der Waals surface area contributed by atoms with Gasteiger partial charge in [0.25, 0.3) is 0 Å². The van der Waals surface area contributed by atoms with E-state index in [1.165, 1.54) is 5.56 Å². The van der Waals surface area contributed by atoms with Crippen molar-refractivity contribution >= 4 is 28.1 Å². The highest BCUT2D eigenvalue weighted by Gasteiger charge is 2.11. The van der Waals surface area contributed by atoms with Gasteiger partial charge in [0.15, 0.2) is 5.82 Å². The van der Waals surface area contributed by atoms with Crippen molar-refractivity contribution in [2.24, 2.45) is 0 Å². The lowest BCUT2D eigenvalue weighted by molar-refractivity contribution is 0.303. The van der Waals surface area contributed by atoms with Crippen LogP contribution in [0.25, 0.3) is 11.4 Å². The molecule has 0 saturated heterocycles. The van der Waals surface area contributed by atoms with Gasteiger partial charge in [0.1, 0.15) is 12.4 Å². The monoisotopic (exact) mass is 481 g/mol. The Labute approximate surface area is 188 Å². The van der Waals surface area contributed by atoms with Gasteiger partial charge in [-0.05, 0) is 55.0 Å². The van der Waals surface area contributed by atoms with Crippen molar-refractivity contribution in [3.8, 4) is 17.1 Å². The highest BCUT2D eigenvalue weighted by atomic mass is 79.9. The summed E-state index contributed by atoms with van der Waals surface area (Å²) in [6.07, 6.45) is 3.45. The number of nitrogens with zero attached hydrogens (tertiary/aromatic N) is 3. The number of aromatic nitrogens is 4. The molecule has 0 atom stereocenters. The van der Waals surface area contributed by atoms with Crippen LogP contribution in [0.4, 0.5) is 0 Å². The molecule has 0 spiro atoms. The van der Waals surface area contributed by atoms with Crippen molar-refractivity contribution in [1.29, 1.82) is 0 Å². The van der Waals surface area contributed by atoms with E-state index in [2.05, 4.69) is 61.7 Å². The first-order chi connectivity index (χ1) is 14.6. The number of rotatable bonds is 7. The Bertz CT molecular complexity index is 1210. The average molecular weight is 482 g/mol. The third kappa shape index (κ3) is 4.77. The molecular weight excluding hydrogens is 462 g/mol. The van der Waals surface area contributed by atoms with Gasteiger partial charge < -0.3 is 10.2 Å². The summed E-state index contributed by atoms with van der Waals surface area (Å²) in [4.78, 5) is 4.06. The standard InChI is InChI=1S/C22H20BrN5OS/c1-15-3-2-4-16(11-15)14-29-20-6-5-19(23)12-18(20)13-25-28-21(26-27-22(28)30)17-7-9-24-10-8-17/h2-12,25H,13-14H2,1H3,(H,27,30). The molecule has 0 bridgehead atoms. The van der Waals surface area contributed by atoms with E-state index in [4.69, 9.17) is 17.0 Å². The minimum Gasteiger partial charge on any atom is -0.489 e. The number of halogens is 1. The lowest BCUT2D eigenvalue weighted by atomic mass is 10.1. The lowest BCUT2D eigenvalue weighted by Crippen LogP contribution is -2.16. The molecule has 0 fully saturated rings. The van der Waals surface area contributed by atoms with Crippen LogP contribution in [-0.4, -0.2) is 19.9 Å². The molecule has 2 aromatic carbocycles. The van der Waals surface area contributed by atoms with Gasteiger partial charge in [-0.15, -0.1) is 0 Å². The van der Waals surface area contributed by atoms with Crippen LogP contribution in [0.1, 0.15) is 16.7 Å². The highest BCUT2D eigenvalue weighted by molar-refractivity contribution is 9.10. The van der Waals surface area contributed by atoms with E-state index in [1.807, 2.05) is 36.4 Å². The molecular formula is C22H20BrN5OS. The Balaban J connectivity index is 1.54. The Hall–Kier alpha value is -2.97. The van der Waals surface area contributed by atoms with Crippen molar-refractivity contribution in [3.63, 3.8) is 0 Å². The molecule has 4 rings (SSSR count). The third-order valence-corrected chi connectivity index (χ3v) is 5.30. The van der Waals surface area contributed by atoms with E-state index in [0.29, 0.717) is 23.7 Å². The zero-order valence-corrected chi connectivity index (χ0v) is 18.7. The molecule has 6 nitrogen and oxygen atoms in total. The molecule has 30 heavy (non-hydrogen) atoms. The van der Waals surface area contributed by atoms with E-state index < -0.39 is 0 Å². The summed E-state index contributed by atoms with van der Waals surface area (Å²) in [5.74, 6) is 1.51. The molecule has 152 valence electrons. The topological polar surface area (TPSA) is 67.8 Å². The average Bonchev–Trinajstić information content (AvgIpc) is 3.12. The Morgan fingerprint density at radius 2 is 1.97 bits per heavy atom. The summed E-state index contributed by atoms with van der Waals surface area (Å²) in [6.45, 7) is 3.09. The number of H-pyrrole nitrogens is 1. The second-order valence-electron chi connectivity index (χ2n) is 6.79. The molecule has 2 aromatic heterocycles. The summed E-state index contributed by atoms with van der Waals surface area (Å²) in [6, 6.07) is 18.1. The predicted molar refractivity (Wildman–Crippen MR) is 123 cm³/mol. The van der Waals surface area contributed by atoms with Crippen LogP contribution in [0.2, 0.25) is 0 Å². The zero-order chi connectivity index (χ0) is 20.9. The summed E-state index contributed by atoms with van der Waals surface area (Å²) >= 11 is 8.95. The molecule has 0 radical (unpaired) electrons. The summed E-state index contributed by atoms with van der Waals surface area (Å²) in [5, 5.41) is 7.18. The van der Waals surface area contributed by atoms with Crippen molar-refractivity contribution in [2.45, 2.75) is 20.1 Å². The molecule has 2 N–H and O–H groups in total. The van der Waals surface area contributed by atoms with Crippen molar-refractivity contribution in [3.05, 3.63) is 92.9 Å². The number of aryl methyl sites for hydroxylation is 1. The second kappa shape index (κ2) is 9.23. The number of hydrogen-bond donors (Lipinski definition) is 2. The number of nitrogens with one attached hydrogen (secondary N) is 2. The number of ether oxygens (including phenoxy) is 1. The largest absolute Gasteiger partial charge is 0.489 e. The molecule has 2 heterocycles. The normalized spacial score (nSPS) is 10.7. The summed E-state index contributed by atoms with van der Waals surface area (Å²) in [7, 11) is 0. The number of hydrogen-bond acceptors (Lipinski definition) is 5. The maximum Gasteiger partial charge on any atom is 0.214 e. The van der Waals surface area contributed by atoms with E-state index >= 15 is 0 Å². The van der Waals surface area contributed by atoms with Crippen LogP contribution < -0.4 is 10.2 Å². The van der Waals surface area contributed by atoms with Gasteiger partial charge in [0.05, 0.1) is 6.54 Å². The number of pyridine rings is 1. The van der Waals surface area contributed by atoms with Crippen LogP contribution in [0.5, 0.6) is 5.75 Å². The van der Waals surface area contributed by atoms with Crippen molar-refractivity contribution in [2.75, 3.05) is 5.43 Å². The van der Waals surface area contributed by atoms with Gasteiger partial charge in [-0.3, -0.25) is 4.98 Å². The number of aromatic amines is 1. The SMILES string of the molecule is Cc1cccc(COc2ccc(Br)cc2CNn2c(-c3ccncc3)n[nH]c2=S)c1. The van der Waals surface area contributed by atoms with Crippen molar-refractivity contribution < 1.29 is 4.74 Å². The van der Waals surface area contributed by atoms with Crippen LogP contribution >= 0.6 is 28.1 Å². The Kier molecular flexibility index (Phi) is 6.25.